The molecular formula is C12H18FNO4. The maximum Gasteiger partial charge on any atom is 0.411 e. The number of carboxylic acid groups (broad SMARTS) is 1. The first-order chi connectivity index (χ1) is 8.20. The van der Waals surface area contributed by atoms with Crippen LogP contribution < -0.4 is 0 Å². The number of hydrogen-bond donors (Lipinski definition) is 1. The van der Waals surface area contributed by atoms with Gasteiger partial charge < -0.3 is 9.84 Å². The zero-order valence-electron chi connectivity index (χ0n) is 10.7. The highest BCUT2D eigenvalue weighted by molar-refractivity contribution is 5.82. The number of carbonyl (C=O) groups excluding carboxylic acids is 1. The van der Waals surface area contributed by atoms with Gasteiger partial charge in [-0.2, -0.15) is 0 Å². The van der Waals surface area contributed by atoms with Gasteiger partial charge in [0.15, 0.2) is 0 Å². The van der Waals surface area contributed by atoms with E-state index in [0.717, 1.165) is 0 Å². The van der Waals surface area contributed by atoms with Crippen molar-refractivity contribution in [1.82, 2.24) is 4.90 Å². The summed E-state index contributed by atoms with van der Waals surface area (Å²) in [5.74, 6) is -1.75. The van der Waals surface area contributed by atoms with Crippen molar-refractivity contribution < 1.29 is 23.8 Å². The van der Waals surface area contributed by atoms with Crippen molar-refractivity contribution in [2.45, 2.75) is 57.5 Å². The van der Waals surface area contributed by atoms with Crippen molar-refractivity contribution >= 4 is 12.1 Å². The normalized spacial score (nSPS) is 34.8. The Bertz CT molecular complexity index is 379. The van der Waals surface area contributed by atoms with Gasteiger partial charge in [0.2, 0.25) is 0 Å². The minimum absolute atomic E-state index is 0.216. The van der Waals surface area contributed by atoms with E-state index in [1.54, 1.807) is 20.8 Å². The summed E-state index contributed by atoms with van der Waals surface area (Å²) in [5.41, 5.74) is -0.683. The van der Waals surface area contributed by atoms with E-state index in [0.29, 0.717) is 6.42 Å². The lowest BCUT2D eigenvalue weighted by molar-refractivity contribution is -0.146. The Morgan fingerprint density at radius 1 is 1.33 bits per heavy atom. The number of likely N-dealkylation sites (tertiary alicyclic amines) is 1. The minimum atomic E-state index is -1.16. The monoisotopic (exact) mass is 259 g/mol. The van der Waals surface area contributed by atoms with Crippen LogP contribution in [0.2, 0.25) is 0 Å². The fourth-order valence-electron chi connectivity index (χ4n) is 2.86. The van der Waals surface area contributed by atoms with E-state index in [9.17, 15) is 14.0 Å². The smallest absolute Gasteiger partial charge is 0.411 e. The number of nitrogens with zero attached hydrogens (tertiary/aromatic N) is 1. The van der Waals surface area contributed by atoms with E-state index in [1.165, 1.54) is 4.90 Å². The molecule has 2 bridgehead atoms. The molecule has 0 aromatic heterocycles. The maximum atomic E-state index is 13.6. The molecule has 1 amide bonds. The largest absolute Gasteiger partial charge is 0.480 e. The number of piperidine rings is 1. The minimum Gasteiger partial charge on any atom is -0.480 e. The van der Waals surface area contributed by atoms with E-state index in [2.05, 4.69) is 0 Å². The number of carbonyl (C=O) groups is 2. The lowest BCUT2D eigenvalue weighted by Crippen LogP contribution is -2.53. The van der Waals surface area contributed by atoms with Crippen LogP contribution >= 0.6 is 0 Å². The zero-order chi connectivity index (χ0) is 13.7. The van der Waals surface area contributed by atoms with Crippen molar-refractivity contribution in [3.8, 4) is 0 Å². The number of fused-ring (bicyclic) bond motifs is 2. The van der Waals surface area contributed by atoms with Crippen LogP contribution in [-0.4, -0.2) is 45.9 Å². The molecule has 1 heterocycles. The second-order valence-corrected chi connectivity index (χ2v) is 5.98. The van der Waals surface area contributed by atoms with E-state index >= 15 is 0 Å². The molecular weight excluding hydrogens is 241 g/mol. The Hall–Kier alpha value is -1.33. The summed E-state index contributed by atoms with van der Waals surface area (Å²) in [6, 6.07) is -1.44. The maximum absolute atomic E-state index is 13.6. The second-order valence-electron chi connectivity index (χ2n) is 5.98. The molecule has 1 aliphatic carbocycles. The number of ether oxygens (including phenoxy) is 1. The molecule has 0 unspecified atom stereocenters. The Balaban J connectivity index is 2.17. The van der Waals surface area contributed by atoms with E-state index in [4.69, 9.17) is 9.84 Å². The number of hydrogen-bond acceptors (Lipinski definition) is 3. The van der Waals surface area contributed by atoms with Gasteiger partial charge >= 0.3 is 12.1 Å². The average Bonchev–Trinajstić information content (AvgIpc) is 2.69. The van der Waals surface area contributed by atoms with Gasteiger partial charge in [-0.3, -0.25) is 4.90 Å². The second kappa shape index (κ2) is 4.10. The number of rotatable bonds is 1. The van der Waals surface area contributed by atoms with Crippen molar-refractivity contribution in [1.29, 1.82) is 0 Å². The first-order valence-electron chi connectivity index (χ1n) is 6.09. The third kappa shape index (κ3) is 2.15. The number of aliphatic carboxylic acids is 1. The number of halogens is 1. The third-order valence-electron chi connectivity index (χ3n) is 3.46. The van der Waals surface area contributed by atoms with Crippen molar-refractivity contribution in [3.05, 3.63) is 0 Å². The molecule has 6 heteroatoms. The highest BCUT2D eigenvalue weighted by atomic mass is 19.1. The molecule has 4 atom stereocenters. The van der Waals surface area contributed by atoms with Crippen LogP contribution in [0.3, 0.4) is 0 Å². The summed E-state index contributed by atoms with van der Waals surface area (Å²) in [6.45, 7) is 5.15. The molecule has 1 saturated carbocycles. The number of amides is 1. The van der Waals surface area contributed by atoms with Gasteiger partial charge in [-0.1, -0.05) is 0 Å². The molecule has 0 aromatic rings. The average molecular weight is 259 g/mol. The zero-order valence-corrected chi connectivity index (χ0v) is 10.7. The summed E-state index contributed by atoms with van der Waals surface area (Å²) in [6.07, 6.45) is -1.16. The van der Waals surface area contributed by atoms with Gasteiger partial charge in [0.05, 0.1) is 0 Å². The predicted octanol–water partition coefficient (Wildman–Crippen LogP) is 1.81. The quantitative estimate of drug-likeness (QED) is 0.779. The van der Waals surface area contributed by atoms with Crippen molar-refractivity contribution in [2.75, 3.05) is 0 Å². The molecule has 18 heavy (non-hydrogen) atoms. The van der Waals surface area contributed by atoms with Crippen LogP contribution in [0.5, 0.6) is 0 Å². The lowest BCUT2D eigenvalue weighted by Gasteiger charge is -2.35. The topological polar surface area (TPSA) is 66.8 Å². The summed E-state index contributed by atoms with van der Waals surface area (Å²) in [7, 11) is 0. The van der Waals surface area contributed by atoms with Gasteiger partial charge in [0.25, 0.3) is 0 Å². The number of alkyl halides is 1. The van der Waals surface area contributed by atoms with Crippen LogP contribution in [0.4, 0.5) is 9.18 Å². The van der Waals surface area contributed by atoms with Crippen LogP contribution in [0.25, 0.3) is 0 Å². The lowest BCUT2D eigenvalue weighted by atomic mass is 9.97. The SMILES string of the molecule is CC(C)(C)OC(=O)N1[C@@H]2C[C@@H]([C@H]1C(=O)O)[C@@H](F)C2. The fraction of sp³-hybridized carbons (Fsp3) is 0.833. The van der Waals surface area contributed by atoms with Crippen LogP contribution in [0.15, 0.2) is 0 Å². The number of carboxylic acids is 1. The van der Waals surface area contributed by atoms with Crippen molar-refractivity contribution in [3.63, 3.8) is 0 Å². The molecule has 1 aliphatic heterocycles. The van der Waals surface area contributed by atoms with Crippen LogP contribution in [0.1, 0.15) is 33.6 Å². The first-order valence-corrected chi connectivity index (χ1v) is 6.09. The molecule has 5 nitrogen and oxygen atoms in total. The van der Waals surface area contributed by atoms with Crippen LogP contribution in [0, 0.1) is 5.92 Å². The van der Waals surface area contributed by atoms with E-state index < -0.39 is 35.8 Å². The Kier molecular flexibility index (Phi) is 2.99. The molecule has 1 saturated heterocycles. The Morgan fingerprint density at radius 3 is 2.44 bits per heavy atom. The molecule has 2 fully saturated rings. The Labute approximate surface area is 105 Å². The summed E-state index contributed by atoms with van der Waals surface area (Å²) in [4.78, 5) is 24.4. The van der Waals surface area contributed by atoms with Gasteiger partial charge in [-0.15, -0.1) is 0 Å². The molecule has 0 aromatic carbocycles. The summed E-state index contributed by atoms with van der Waals surface area (Å²) >= 11 is 0. The van der Waals surface area contributed by atoms with Crippen molar-refractivity contribution in [2.24, 2.45) is 5.92 Å². The molecule has 2 rings (SSSR count). The first kappa shape index (κ1) is 13.1. The summed E-state index contributed by atoms with van der Waals surface area (Å²) in [5, 5.41) is 9.15. The van der Waals surface area contributed by atoms with Crippen LogP contribution in [-0.2, 0) is 9.53 Å². The third-order valence-corrected chi connectivity index (χ3v) is 3.46. The highest BCUT2D eigenvalue weighted by Crippen LogP contribution is 2.44. The summed E-state index contributed by atoms with van der Waals surface area (Å²) < 4.78 is 18.8. The molecule has 1 N–H and O–H groups in total. The van der Waals surface area contributed by atoms with E-state index in [1.807, 2.05) is 0 Å². The highest BCUT2D eigenvalue weighted by Gasteiger charge is 2.57. The molecule has 2 aliphatic rings. The Morgan fingerprint density at radius 2 is 1.94 bits per heavy atom. The predicted molar refractivity (Wildman–Crippen MR) is 60.9 cm³/mol. The van der Waals surface area contributed by atoms with Gasteiger partial charge in [-0.05, 0) is 33.6 Å². The molecule has 0 spiro atoms. The van der Waals surface area contributed by atoms with Gasteiger partial charge in [0, 0.05) is 12.0 Å². The van der Waals surface area contributed by atoms with Gasteiger partial charge in [-0.25, -0.2) is 14.0 Å². The molecule has 102 valence electrons. The van der Waals surface area contributed by atoms with E-state index in [-0.39, 0.29) is 12.5 Å². The standard InChI is InChI=1S/C12H18FNO4/c1-12(2,3)18-11(17)14-6-4-7(8(13)5-6)9(14)10(15)16/h6-9H,4-5H2,1-3H3,(H,15,16)/t6-,7-,8+,9+/m1/s1. The molecule has 0 radical (unpaired) electrons. The van der Waals surface area contributed by atoms with Gasteiger partial charge in [0.1, 0.15) is 17.8 Å². The fourth-order valence-corrected chi connectivity index (χ4v) is 2.86.